The molecule has 1 fully saturated rings. The van der Waals surface area contributed by atoms with Gasteiger partial charge >= 0.3 is 7.12 Å². The van der Waals surface area contributed by atoms with Crippen LogP contribution in [0.5, 0.6) is 0 Å². The Morgan fingerprint density at radius 2 is 1.74 bits per heavy atom. The summed E-state index contributed by atoms with van der Waals surface area (Å²) >= 11 is 0. The van der Waals surface area contributed by atoms with E-state index >= 15 is 0 Å². The van der Waals surface area contributed by atoms with Gasteiger partial charge in [-0.1, -0.05) is 37.8 Å². The van der Waals surface area contributed by atoms with Crippen LogP contribution in [0.4, 0.5) is 0 Å². The van der Waals surface area contributed by atoms with Gasteiger partial charge in [0.15, 0.2) is 0 Å². The van der Waals surface area contributed by atoms with Gasteiger partial charge in [-0.15, -0.1) is 0 Å². The fraction of sp³-hybridized carbons (Fsp3) is 0.500. The van der Waals surface area contributed by atoms with Gasteiger partial charge in [0.05, 0.1) is 11.2 Å². The zero-order valence-corrected chi connectivity index (χ0v) is 12.6. The Bertz CT molecular complexity index is 475. The largest absolute Gasteiger partial charge is 0.494 e. The molecule has 0 N–H and O–H groups in total. The lowest BCUT2D eigenvalue weighted by atomic mass is 9.78. The van der Waals surface area contributed by atoms with E-state index in [1.165, 1.54) is 0 Å². The quantitative estimate of drug-likeness (QED) is 0.773. The third-order valence-corrected chi connectivity index (χ3v) is 4.25. The van der Waals surface area contributed by atoms with Gasteiger partial charge in [-0.3, -0.25) is 0 Å². The van der Waals surface area contributed by atoms with Crippen molar-refractivity contribution in [1.29, 1.82) is 0 Å². The highest BCUT2D eigenvalue weighted by molar-refractivity contribution is 6.62. The Hall–Kier alpha value is -1.06. The number of hydrogen-bond acceptors (Lipinski definition) is 2. The Morgan fingerprint density at radius 3 is 2.26 bits per heavy atom. The van der Waals surface area contributed by atoms with Gasteiger partial charge in [0.1, 0.15) is 0 Å². The molecule has 0 bridgehead atoms. The van der Waals surface area contributed by atoms with Gasteiger partial charge in [-0.2, -0.15) is 0 Å². The van der Waals surface area contributed by atoms with Gasteiger partial charge in [0.25, 0.3) is 0 Å². The molecule has 0 aromatic heterocycles. The normalized spacial score (nSPS) is 20.6. The van der Waals surface area contributed by atoms with Crippen molar-refractivity contribution in [3.8, 4) is 0 Å². The maximum Gasteiger partial charge on any atom is 0.494 e. The van der Waals surface area contributed by atoms with E-state index in [0.29, 0.717) is 0 Å². The predicted octanol–water partition coefficient (Wildman–Crippen LogP) is 3.41. The summed E-state index contributed by atoms with van der Waals surface area (Å²) in [4.78, 5) is 0. The Kier molecular flexibility index (Phi) is 3.63. The first-order chi connectivity index (χ1) is 8.77. The minimum absolute atomic E-state index is 0.296. The van der Waals surface area contributed by atoms with Gasteiger partial charge in [0.2, 0.25) is 0 Å². The minimum atomic E-state index is -0.297. The van der Waals surface area contributed by atoms with Crippen molar-refractivity contribution in [3.05, 3.63) is 36.4 Å². The Balaban J connectivity index is 2.27. The van der Waals surface area contributed by atoms with Crippen LogP contribution in [0.2, 0.25) is 0 Å². The van der Waals surface area contributed by atoms with E-state index in [1.807, 2.05) is 6.07 Å². The smallest absolute Gasteiger partial charge is 0.399 e. The highest BCUT2D eigenvalue weighted by atomic mass is 16.7. The van der Waals surface area contributed by atoms with Crippen molar-refractivity contribution in [1.82, 2.24) is 0 Å². The van der Waals surface area contributed by atoms with Gasteiger partial charge in [-0.05, 0) is 50.7 Å². The van der Waals surface area contributed by atoms with Crippen molar-refractivity contribution in [3.63, 3.8) is 0 Å². The summed E-state index contributed by atoms with van der Waals surface area (Å²) in [5, 5.41) is 0. The number of hydrogen-bond donors (Lipinski definition) is 0. The molecule has 0 unspecified atom stereocenters. The summed E-state index contributed by atoms with van der Waals surface area (Å²) in [5.41, 5.74) is 2.77. The van der Waals surface area contributed by atoms with Crippen molar-refractivity contribution in [2.75, 3.05) is 0 Å². The zero-order valence-electron chi connectivity index (χ0n) is 12.6. The molecule has 1 aromatic carbocycles. The summed E-state index contributed by atoms with van der Waals surface area (Å²) < 4.78 is 12.1. The molecule has 1 aromatic rings. The summed E-state index contributed by atoms with van der Waals surface area (Å²) in [6, 6.07) is 8.29. The van der Waals surface area contributed by atoms with E-state index in [4.69, 9.17) is 9.31 Å². The van der Waals surface area contributed by atoms with E-state index in [-0.39, 0.29) is 18.3 Å². The van der Waals surface area contributed by atoms with E-state index in [2.05, 4.69) is 59.4 Å². The number of rotatable bonds is 3. The van der Waals surface area contributed by atoms with E-state index in [1.54, 1.807) is 0 Å². The molecule has 0 atom stereocenters. The predicted molar refractivity (Wildman–Crippen MR) is 81.5 cm³/mol. The first-order valence-corrected chi connectivity index (χ1v) is 6.90. The third kappa shape index (κ3) is 2.63. The molecule has 0 spiro atoms. The molecule has 19 heavy (non-hydrogen) atoms. The van der Waals surface area contributed by atoms with E-state index in [0.717, 1.165) is 23.0 Å². The minimum Gasteiger partial charge on any atom is -0.399 e. The summed E-state index contributed by atoms with van der Waals surface area (Å²) in [7, 11) is -0.297. The molecule has 1 saturated heterocycles. The third-order valence-electron chi connectivity index (χ3n) is 4.25. The molecular weight excluding hydrogens is 235 g/mol. The molecule has 0 aliphatic carbocycles. The van der Waals surface area contributed by atoms with Crippen LogP contribution in [0.25, 0.3) is 5.57 Å². The first kappa shape index (κ1) is 14.4. The van der Waals surface area contributed by atoms with Crippen LogP contribution < -0.4 is 5.46 Å². The van der Waals surface area contributed by atoms with Crippen molar-refractivity contribution < 1.29 is 9.31 Å². The van der Waals surface area contributed by atoms with Crippen molar-refractivity contribution in [2.24, 2.45) is 0 Å². The second-order valence-corrected chi connectivity index (χ2v) is 6.17. The van der Waals surface area contributed by atoms with Gasteiger partial charge in [0, 0.05) is 0 Å². The van der Waals surface area contributed by atoms with E-state index < -0.39 is 0 Å². The van der Waals surface area contributed by atoms with Gasteiger partial charge < -0.3 is 9.31 Å². The molecule has 102 valence electrons. The standard InChI is InChI=1S/C16H23BO2/c1-7-12(2)13-9-8-10-14(11-13)17-18-15(3,4)16(5,6)19-17/h8-11H,2,7H2,1,3-6H3. The molecule has 1 aliphatic heterocycles. The highest BCUT2D eigenvalue weighted by Crippen LogP contribution is 2.36. The second-order valence-electron chi connectivity index (χ2n) is 6.17. The topological polar surface area (TPSA) is 18.5 Å². The molecule has 0 amide bonds. The van der Waals surface area contributed by atoms with Crippen LogP contribution in [0.3, 0.4) is 0 Å². The average Bonchev–Trinajstić information content (AvgIpc) is 2.58. The first-order valence-electron chi connectivity index (χ1n) is 6.90. The second kappa shape index (κ2) is 4.80. The van der Waals surface area contributed by atoms with Crippen LogP contribution >= 0.6 is 0 Å². The van der Waals surface area contributed by atoms with Gasteiger partial charge in [-0.25, -0.2) is 0 Å². The lowest BCUT2D eigenvalue weighted by molar-refractivity contribution is 0.00578. The average molecular weight is 258 g/mol. The Morgan fingerprint density at radius 1 is 1.16 bits per heavy atom. The highest BCUT2D eigenvalue weighted by Gasteiger charge is 2.51. The summed E-state index contributed by atoms with van der Waals surface area (Å²) in [5.74, 6) is 0. The van der Waals surface area contributed by atoms with E-state index in [9.17, 15) is 0 Å². The number of benzene rings is 1. The monoisotopic (exact) mass is 258 g/mol. The molecule has 2 nitrogen and oxygen atoms in total. The SMILES string of the molecule is C=C(CC)c1cccc(B2OC(C)(C)C(C)(C)O2)c1. The Labute approximate surface area is 117 Å². The molecule has 0 saturated carbocycles. The lowest BCUT2D eigenvalue weighted by Crippen LogP contribution is -2.41. The molecular formula is C16H23BO2. The molecule has 3 heteroatoms. The molecule has 1 heterocycles. The summed E-state index contributed by atoms with van der Waals surface area (Å²) in [6.07, 6.45) is 0.951. The fourth-order valence-electron chi connectivity index (χ4n) is 2.09. The molecule has 1 aliphatic rings. The van der Waals surface area contributed by atoms with Crippen LogP contribution in [0, 0.1) is 0 Å². The maximum atomic E-state index is 6.07. The lowest BCUT2D eigenvalue weighted by Gasteiger charge is -2.32. The van der Waals surface area contributed by atoms with Crippen LogP contribution in [0.15, 0.2) is 30.8 Å². The van der Waals surface area contributed by atoms with Crippen LogP contribution in [-0.4, -0.2) is 18.3 Å². The van der Waals surface area contributed by atoms with Crippen molar-refractivity contribution >= 4 is 18.2 Å². The van der Waals surface area contributed by atoms with Crippen LogP contribution in [0.1, 0.15) is 46.6 Å². The molecule has 0 radical (unpaired) electrons. The summed E-state index contributed by atoms with van der Waals surface area (Å²) in [6.45, 7) is 14.5. The fourth-order valence-corrected chi connectivity index (χ4v) is 2.09. The van der Waals surface area contributed by atoms with Crippen LogP contribution in [-0.2, 0) is 9.31 Å². The van der Waals surface area contributed by atoms with Crippen molar-refractivity contribution in [2.45, 2.75) is 52.2 Å². The maximum absolute atomic E-state index is 6.07. The molecule has 2 rings (SSSR count). The zero-order chi connectivity index (χ0) is 14.3. The number of allylic oxidation sites excluding steroid dienone is 1.